The molecule has 3 nitrogen and oxygen atoms in total. The smallest absolute Gasteiger partial charge is 0.253 e. The van der Waals surface area contributed by atoms with E-state index in [-0.39, 0.29) is 5.91 Å². The lowest BCUT2D eigenvalue weighted by atomic mass is 10.3. The number of nitrogens with one attached hydrogen (secondary N) is 1. The van der Waals surface area contributed by atoms with E-state index in [1.807, 2.05) is 0 Å². The van der Waals surface area contributed by atoms with Gasteiger partial charge >= 0.3 is 0 Å². The van der Waals surface area contributed by atoms with E-state index in [4.69, 9.17) is 11.6 Å². The molecule has 0 saturated heterocycles. The molecular weight excluding hydrogens is 267 g/mol. The van der Waals surface area contributed by atoms with Gasteiger partial charge in [0.25, 0.3) is 5.91 Å². The van der Waals surface area contributed by atoms with Crippen molar-refractivity contribution in [1.29, 1.82) is 0 Å². The first-order valence-corrected chi connectivity index (χ1v) is 5.46. The highest BCUT2D eigenvalue weighted by molar-refractivity contribution is 9.10. The molecule has 5 heteroatoms. The number of pyridine rings is 1. The van der Waals surface area contributed by atoms with Crippen LogP contribution in [-0.2, 0) is 0 Å². The molecule has 0 atom stereocenters. The zero-order valence-electron chi connectivity index (χ0n) is 7.26. The monoisotopic (exact) mass is 274 g/mol. The summed E-state index contributed by atoms with van der Waals surface area (Å²) in [5.41, 5.74) is 0.535. The zero-order valence-corrected chi connectivity index (χ0v) is 9.60. The van der Waals surface area contributed by atoms with E-state index >= 15 is 0 Å². The third kappa shape index (κ3) is 2.25. The lowest BCUT2D eigenvalue weighted by Gasteiger charge is -2.03. The molecule has 1 saturated carbocycles. The number of nitrogens with zero attached hydrogens (tertiary/aromatic N) is 1. The molecule has 0 radical (unpaired) electrons. The molecule has 1 fully saturated rings. The van der Waals surface area contributed by atoms with Crippen LogP contribution >= 0.6 is 27.5 Å². The summed E-state index contributed by atoms with van der Waals surface area (Å²) in [6.45, 7) is 0. The third-order valence-electron chi connectivity index (χ3n) is 1.97. The van der Waals surface area contributed by atoms with Crippen LogP contribution in [0.5, 0.6) is 0 Å². The second-order valence-corrected chi connectivity index (χ2v) is 4.46. The standard InChI is InChI=1S/C9H8BrClN2O/c10-7-3-5(4-12-8(7)11)9(14)13-6-1-2-6/h3-4,6H,1-2H2,(H,13,14). The van der Waals surface area contributed by atoms with Gasteiger partial charge in [-0.05, 0) is 34.8 Å². The van der Waals surface area contributed by atoms with Crippen LogP contribution in [0.25, 0.3) is 0 Å². The van der Waals surface area contributed by atoms with Gasteiger partial charge in [-0.3, -0.25) is 4.79 Å². The number of hydrogen-bond donors (Lipinski definition) is 1. The van der Waals surface area contributed by atoms with Gasteiger partial charge in [-0.15, -0.1) is 0 Å². The first kappa shape index (κ1) is 9.93. The minimum Gasteiger partial charge on any atom is -0.349 e. The number of carbonyl (C=O) groups excluding carboxylic acids is 1. The third-order valence-corrected chi connectivity index (χ3v) is 3.10. The van der Waals surface area contributed by atoms with Crippen molar-refractivity contribution < 1.29 is 4.79 Å². The topological polar surface area (TPSA) is 42.0 Å². The van der Waals surface area contributed by atoms with Gasteiger partial charge < -0.3 is 5.32 Å². The van der Waals surface area contributed by atoms with Crippen LogP contribution in [0, 0.1) is 0 Å². The lowest BCUT2D eigenvalue weighted by Crippen LogP contribution is -2.25. The molecule has 0 spiro atoms. The number of amides is 1. The molecule has 0 aliphatic heterocycles. The van der Waals surface area contributed by atoms with Gasteiger partial charge in [-0.2, -0.15) is 0 Å². The maximum Gasteiger partial charge on any atom is 0.253 e. The Morgan fingerprint density at radius 3 is 2.93 bits per heavy atom. The Kier molecular flexibility index (Phi) is 2.74. The molecular formula is C9H8BrClN2O. The summed E-state index contributed by atoms with van der Waals surface area (Å²) in [6, 6.07) is 2.03. The molecule has 0 bridgehead atoms. The van der Waals surface area contributed by atoms with Crippen LogP contribution in [0.3, 0.4) is 0 Å². The van der Waals surface area contributed by atoms with E-state index in [0.29, 0.717) is 21.2 Å². The van der Waals surface area contributed by atoms with Gasteiger partial charge in [-0.25, -0.2) is 4.98 Å². The molecule has 0 unspecified atom stereocenters. The summed E-state index contributed by atoms with van der Waals surface area (Å²) in [6.07, 6.45) is 3.63. The Labute approximate surface area is 95.0 Å². The van der Waals surface area contributed by atoms with Crippen LogP contribution in [0.15, 0.2) is 16.7 Å². The van der Waals surface area contributed by atoms with Crippen LogP contribution in [0.1, 0.15) is 23.2 Å². The summed E-state index contributed by atoms with van der Waals surface area (Å²) >= 11 is 8.94. The van der Waals surface area contributed by atoms with E-state index in [9.17, 15) is 4.79 Å². The van der Waals surface area contributed by atoms with Crippen LogP contribution < -0.4 is 5.32 Å². The highest BCUT2D eigenvalue weighted by Crippen LogP contribution is 2.22. The molecule has 74 valence electrons. The maximum atomic E-state index is 11.5. The first-order valence-electron chi connectivity index (χ1n) is 4.29. The fourth-order valence-corrected chi connectivity index (χ4v) is 1.49. The highest BCUT2D eigenvalue weighted by atomic mass is 79.9. The van der Waals surface area contributed by atoms with E-state index in [0.717, 1.165) is 12.8 Å². The predicted molar refractivity (Wildman–Crippen MR) is 57.4 cm³/mol. The maximum absolute atomic E-state index is 11.5. The zero-order chi connectivity index (χ0) is 10.1. The first-order chi connectivity index (χ1) is 6.66. The van der Waals surface area contributed by atoms with Crippen molar-refractivity contribution in [3.05, 3.63) is 27.5 Å². The lowest BCUT2D eigenvalue weighted by molar-refractivity contribution is 0.0950. The molecule has 14 heavy (non-hydrogen) atoms. The van der Waals surface area contributed by atoms with Gasteiger partial charge in [-0.1, -0.05) is 11.6 Å². The van der Waals surface area contributed by atoms with Crippen molar-refractivity contribution >= 4 is 33.4 Å². The molecule has 0 aromatic carbocycles. The molecule has 1 N–H and O–H groups in total. The van der Waals surface area contributed by atoms with Crippen LogP contribution in [-0.4, -0.2) is 16.9 Å². The van der Waals surface area contributed by atoms with Gasteiger partial charge in [0, 0.05) is 12.2 Å². The van der Waals surface area contributed by atoms with E-state index in [1.165, 1.54) is 6.20 Å². The summed E-state index contributed by atoms with van der Waals surface area (Å²) in [4.78, 5) is 15.4. The molecule has 1 aliphatic carbocycles. The van der Waals surface area contributed by atoms with Gasteiger partial charge in [0.05, 0.1) is 10.0 Å². The molecule has 1 amide bonds. The second kappa shape index (κ2) is 3.87. The minimum atomic E-state index is -0.0858. The van der Waals surface area contributed by atoms with Gasteiger partial charge in [0.1, 0.15) is 5.15 Å². The summed E-state index contributed by atoms with van der Waals surface area (Å²) in [5.74, 6) is -0.0858. The Hall–Kier alpha value is -0.610. The molecule has 1 aliphatic rings. The average molecular weight is 276 g/mol. The van der Waals surface area contributed by atoms with Crippen molar-refractivity contribution in [3.8, 4) is 0 Å². The minimum absolute atomic E-state index is 0.0858. The average Bonchev–Trinajstić information content (AvgIpc) is 2.93. The normalized spacial score (nSPS) is 15.3. The highest BCUT2D eigenvalue weighted by Gasteiger charge is 2.24. The van der Waals surface area contributed by atoms with Crippen LogP contribution in [0.4, 0.5) is 0 Å². The van der Waals surface area contributed by atoms with E-state index < -0.39 is 0 Å². The number of rotatable bonds is 2. The summed E-state index contributed by atoms with van der Waals surface area (Å²) in [5, 5.41) is 3.24. The number of hydrogen-bond acceptors (Lipinski definition) is 2. The quantitative estimate of drug-likeness (QED) is 0.842. The van der Waals surface area contributed by atoms with E-state index in [1.54, 1.807) is 6.07 Å². The largest absolute Gasteiger partial charge is 0.349 e. The van der Waals surface area contributed by atoms with Crippen LogP contribution in [0.2, 0.25) is 5.15 Å². The van der Waals surface area contributed by atoms with Crippen molar-refractivity contribution in [1.82, 2.24) is 10.3 Å². The Morgan fingerprint density at radius 2 is 2.36 bits per heavy atom. The number of aromatic nitrogens is 1. The SMILES string of the molecule is O=C(NC1CC1)c1cnc(Cl)c(Br)c1. The molecule has 2 rings (SSSR count). The van der Waals surface area contributed by atoms with Crippen molar-refractivity contribution in [2.75, 3.05) is 0 Å². The van der Waals surface area contributed by atoms with Crippen molar-refractivity contribution in [2.24, 2.45) is 0 Å². The predicted octanol–water partition coefficient (Wildman–Crippen LogP) is 2.39. The number of carbonyl (C=O) groups is 1. The number of halogens is 2. The fourth-order valence-electron chi connectivity index (χ4n) is 1.04. The molecule has 1 aromatic heterocycles. The van der Waals surface area contributed by atoms with Gasteiger partial charge in [0.2, 0.25) is 0 Å². The Balaban J connectivity index is 2.14. The van der Waals surface area contributed by atoms with Crippen molar-refractivity contribution in [2.45, 2.75) is 18.9 Å². The second-order valence-electron chi connectivity index (χ2n) is 3.24. The fraction of sp³-hybridized carbons (Fsp3) is 0.333. The van der Waals surface area contributed by atoms with Gasteiger partial charge in [0.15, 0.2) is 0 Å². The summed E-state index contributed by atoms with van der Waals surface area (Å²) in [7, 11) is 0. The summed E-state index contributed by atoms with van der Waals surface area (Å²) < 4.78 is 0.641. The Morgan fingerprint density at radius 1 is 1.64 bits per heavy atom. The van der Waals surface area contributed by atoms with E-state index in [2.05, 4.69) is 26.2 Å². The molecule has 1 heterocycles. The van der Waals surface area contributed by atoms with Crippen molar-refractivity contribution in [3.63, 3.8) is 0 Å². The molecule has 1 aromatic rings. The Bertz CT molecular complexity index is 379.